The lowest BCUT2D eigenvalue weighted by molar-refractivity contribution is -0.253. The minimum Gasteiger partial charge on any atom is -0.453 e. The van der Waals surface area contributed by atoms with Crippen molar-refractivity contribution in [3.63, 3.8) is 0 Å². The Morgan fingerprint density at radius 2 is 1.69 bits per heavy atom. The normalized spacial score (nSPS) is 29.6. The molecule has 2 aromatic rings. The zero-order chi connectivity index (χ0) is 30.1. The summed E-state index contributed by atoms with van der Waals surface area (Å²) < 4.78 is 18.2. The van der Waals surface area contributed by atoms with Crippen LogP contribution in [0.3, 0.4) is 0 Å². The molecule has 5 rings (SSSR count). The van der Waals surface area contributed by atoms with E-state index in [-0.39, 0.29) is 24.7 Å². The van der Waals surface area contributed by atoms with Crippen molar-refractivity contribution in [2.45, 2.75) is 104 Å². The van der Waals surface area contributed by atoms with Crippen LogP contribution in [0.4, 0.5) is 0 Å². The largest absolute Gasteiger partial charge is 0.453 e. The minimum atomic E-state index is -0.838. The molecule has 3 aliphatic rings. The molecular formula is C34H46N2O6. The Hall–Kier alpha value is -2.78. The second kappa shape index (κ2) is 12.4. The number of ether oxygens (including phenoxy) is 3. The van der Waals surface area contributed by atoms with Gasteiger partial charge >= 0.3 is 5.97 Å². The van der Waals surface area contributed by atoms with Gasteiger partial charge in [0.1, 0.15) is 0 Å². The standard InChI is InChI=1S/C34H46N2O6/c1-22(40-23(2)38)31(39)35-17-24-6-12-27(13-7-24)32-41-29(14-30(42-32)26-10-8-25(19-37)9-11-26)18-36-21-34(5)16-28(36)15-33(3,4)20-34/h6-13,22,28-30,32,37H,14-21H2,1-5H3,(H,35,39). The zero-order valence-corrected chi connectivity index (χ0v) is 25.6. The maximum Gasteiger partial charge on any atom is 0.303 e. The monoisotopic (exact) mass is 578 g/mol. The topological polar surface area (TPSA) is 97.3 Å². The molecule has 2 heterocycles. The van der Waals surface area contributed by atoms with E-state index >= 15 is 0 Å². The summed E-state index contributed by atoms with van der Waals surface area (Å²) in [6, 6.07) is 16.5. The van der Waals surface area contributed by atoms with Gasteiger partial charge in [0.2, 0.25) is 0 Å². The van der Waals surface area contributed by atoms with Gasteiger partial charge in [0, 0.05) is 44.6 Å². The molecule has 6 unspecified atom stereocenters. The molecule has 8 heteroatoms. The van der Waals surface area contributed by atoms with Crippen LogP contribution in [-0.2, 0) is 37.0 Å². The summed E-state index contributed by atoms with van der Waals surface area (Å²) in [6.07, 6.45) is 3.04. The zero-order valence-electron chi connectivity index (χ0n) is 25.6. The van der Waals surface area contributed by atoms with Gasteiger partial charge in [-0.3, -0.25) is 14.5 Å². The van der Waals surface area contributed by atoms with Gasteiger partial charge in [-0.15, -0.1) is 0 Å². The lowest BCUT2D eigenvalue weighted by Crippen LogP contribution is -2.42. The van der Waals surface area contributed by atoms with Gasteiger partial charge in [0.05, 0.1) is 18.8 Å². The summed E-state index contributed by atoms with van der Waals surface area (Å²) in [4.78, 5) is 26.0. The molecule has 2 N–H and O–H groups in total. The van der Waals surface area contributed by atoms with Crippen molar-refractivity contribution in [1.82, 2.24) is 10.2 Å². The van der Waals surface area contributed by atoms with Crippen molar-refractivity contribution in [1.29, 1.82) is 0 Å². The van der Waals surface area contributed by atoms with E-state index in [4.69, 9.17) is 14.2 Å². The average Bonchev–Trinajstić information content (AvgIpc) is 3.18. The summed E-state index contributed by atoms with van der Waals surface area (Å²) in [5.74, 6) is -0.823. The molecule has 2 bridgehead atoms. The quantitative estimate of drug-likeness (QED) is 0.395. The third kappa shape index (κ3) is 7.40. The number of nitrogens with zero attached hydrogens (tertiary/aromatic N) is 1. The molecule has 0 radical (unpaired) electrons. The molecule has 3 fully saturated rings. The SMILES string of the molecule is CC(=O)OC(C)C(=O)NCc1ccc(C2OC(CN3CC4(C)CC3CC(C)(C)C4)CC(c3ccc(CO)cc3)O2)cc1. The van der Waals surface area contributed by atoms with Crippen LogP contribution in [0.1, 0.15) is 94.9 Å². The third-order valence-electron chi connectivity index (χ3n) is 9.01. The summed E-state index contributed by atoms with van der Waals surface area (Å²) in [5, 5.41) is 12.3. The number of carbonyl (C=O) groups is 2. The summed E-state index contributed by atoms with van der Waals surface area (Å²) in [7, 11) is 0. The molecule has 0 aromatic heterocycles. The highest BCUT2D eigenvalue weighted by Crippen LogP contribution is 2.53. The van der Waals surface area contributed by atoms with Crippen LogP contribution in [-0.4, -0.2) is 53.2 Å². The Labute approximate surface area is 249 Å². The smallest absolute Gasteiger partial charge is 0.303 e. The number of aliphatic hydroxyl groups excluding tert-OH is 1. The maximum atomic E-state index is 12.2. The minimum absolute atomic E-state index is 0.0130. The number of benzene rings is 2. The first-order valence-corrected chi connectivity index (χ1v) is 15.2. The predicted octanol–water partition coefficient (Wildman–Crippen LogP) is 5.19. The summed E-state index contributed by atoms with van der Waals surface area (Å²) in [5.41, 5.74) is 4.53. The highest BCUT2D eigenvalue weighted by Gasteiger charge is 2.50. The van der Waals surface area contributed by atoms with Crippen molar-refractivity contribution in [3.8, 4) is 0 Å². The molecular weight excluding hydrogens is 532 g/mol. The molecule has 2 aromatic carbocycles. The van der Waals surface area contributed by atoms with Crippen molar-refractivity contribution in [2.75, 3.05) is 13.1 Å². The van der Waals surface area contributed by atoms with Gasteiger partial charge in [-0.05, 0) is 53.7 Å². The van der Waals surface area contributed by atoms with E-state index in [2.05, 4.69) is 31.0 Å². The number of hydrogen-bond acceptors (Lipinski definition) is 7. The molecule has 0 spiro atoms. The van der Waals surface area contributed by atoms with Crippen LogP contribution in [0.15, 0.2) is 48.5 Å². The molecule has 6 atom stereocenters. The van der Waals surface area contributed by atoms with E-state index in [9.17, 15) is 14.7 Å². The van der Waals surface area contributed by atoms with E-state index in [1.807, 2.05) is 48.5 Å². The molecule has 8 nitrogen and oxygen atoms in total. The number of nitrogens with one attached hydrogen (secondary N) is 1. The Morgan fingerprint density at radius 1 is 1.02 bits per heavy atom. The van der Waals surface area contributed by atoms with Gasteiger partial charge in [0.15, 0.2) is 12.4 Å². The van der Waals surface area contributed by atoms with E-state index in [0.29, 0.717) is 23.4 Å². The lowest BCUT2D eigenvalue weighted by Gasteiger charge is -2.41. The molecule has 1 aliphatic carbocycles. The fraction of sp³-hybridized carbons (Fsp3) is 0.588. The average molecular weight is 579 g/mol. The Balaban J connectivity index is 1.29. The highest BCUT2D eigenvalue weighted by molar-refractivity contribution is 5.82. The molecule has 1 saturated carbocycles. The van der Waals surface area contributed by atoms with Gasteiger partial charge in [-0.2, -0.15) is 0 Å². The summed E-state index contributed by atoms with van der Waals surface area (Å²) >= 11 is 0. The Bertz CT molecular complexity index is 1250. The molecule has 228 valence electrons. The highest BCUT2D eigenvalue weighted by atomic mass is 16.7. The van der Waals surface area contributed by atoms with Crippen LogP contribution in [0, 0.1) is 10.8 Å². The fourth-order valence-electron chi connectivity index (χ4n) is 7.51. The van der Waals surface area contributed by atoms with Crippen LogP contribution >= 0.6 is 0 Å². The third-order valence-corrected chi connectivity index (χ3v) is 9.01. The van der Waals surface area contributed by atoms with Crippen molar-refractivity contribution < 1.29 is 28.9 Å². The van der Waals surface area contributed by atoms with Crippen molar-refractivity contribution in [2.24, 2.45) is 10.8 Å². The van der Waals surface area contributed by atoms with Crippen LogP contribution in [0.5, 0.6) is 0 Å². The van der Waals surface area contributed by atoms with E-state index in [1.165, 1.54) is 26.2 Å². The number of likely N-dealkylation sites (tertiary alicyclic amines) is 1. The van der Waals surface area contributed by atoms with Crippen LogP contribution < -0.4 is 5.32 Å². The molecule has 1 amide bonds. The first-order chi connectivity index (χ1) is 19.9. The number of carbonyl (C=O) groups excluding carboxylic acids is 2. The second-order valence-electron chi connectivity index (χ2n) is 13.7. The molecule has 42 heavy (non-hydrogen) atoms. The van der Waals surface area contributed by atoms with Crippen LogP contribution in [0.2, 0.25) is 0 Å². The van der Waals surface area contributed by atoms with Gasteiger partial charge in [-0.1, -0.05) is 69.3 Å². The van der Waals surface area contributed by atoms with E-state index in [0.717, 1.165) is 41.8 Å². The van der Waals surface area contributed by atoms with E-state index in [1.54, 1.807) is 6.92 Å². The first kappa shape index (κ1) is 30.7. The Morgan fingerprint density at radius 3 is 2.36 bits per heavy atom. The van der Waals surface area contributed by atoms with Crippen molar-refractivity contribution >= 4 is 11.9 Å². The number of fused-ring (bicyclic) bond motifs is 2. The van der Waals surface area contributed by atoms with Crippen LogP contribution in [0.25, 0.3) is 0 Å². The van der Waals surface area contributed by atoms with Gasteiger partial charge < -0.3 is 24.6 Å². The second-order valence-corrected chi connectivity index (χ2v) is 13.7. The van der Waals surface area contributed by atoms with Gasteiger partial charge in [-0.25, -0.2) is 0 Å². The number of hydrogen-bond donors (Lipinski definition) is 2. The fourth-order valence-corrected chi connectivity index (χ4v) is 7.51. The maximum absolute atomic E-state index is 12.2. The first-order valence-electron chi connectivity index (χ1n) is 15.2. The molecule has 2 saturated heterocycles. The number of rotatable bonds is 9. The Kier molecular flexibility index (Phi) is 9.09. The van der Waals surface area contributed by atoms with E-state index < -0.39 is 18.4 Å². The lowest BCUT2D eigenvalue weighted by atomic mass is 9.65. The predicted molar refractivity (Wildman–Crippen MR) is 159 cm³/mol. The number of esters is 1. The molecule has 2 aliphatic heterocycles. The summed E-state index contributed by atoms with van der Waals surface area (Å²) in [6.45, 7) is 12.4. The number of amides is 1. The van der Waals surface area contributed by atoms with Gasteiger partial charge in [0.25, 0.3) is 5.91 Å². The van der Waals surface area contributed by atoms with Crippen molar-refractivity contribution in [3.05, 3.63) is 70.8 Å². The number of aliphatic hydroxyl groups is 1.